The molecule has 0 aliphatic heterocycles. The summed E-state index contributed by atoms with van der Waals surface area (Å²) in [5.74, 6) is 1.01. The predicted octanol–water partition coefficient (Wildman–Crippen LogP) is 5.34. The Morgan fingerprint density at radius 3 is 2.00 bits per heavy atom. The number of carbonyl (C=O) groups excluding carboxylic acids is 1. The molecule has 0 saturated carbocycles. The third-order valence-corrected chi connectivity index (χ3v) is 4.30. The largest absolute Gasteiger partial charge is 0.274 e. The molecule has 0 atom stereocenters. The van der Waals surface area contributed by atoms with Crippen molar-refractivity contribution in [1.29, 1.82) is 0 Å². The molecule has 0 unspecified atom stereocenters. The minimum Gasteiger partial charge on any atom is -0.274 e. The maximum absolute atomic E-state index is 10.9. The van der Waals surface area contributed by atoms with Crippen LogP contribution in [0.15, 0.2) is 0 Å². The maximum atomic E-state index is 10.9. The molecule has 0 amide bonds. The maximum Gasteiger partial charge on any atom is 0.245 e. The number of unbranched alkanes of at least 4 members (excludes halogenated alkanes) is 7. The lowest BCUT2D eigenvalue weighted by Gasteiger charge is -2.00. The Morgan fingerprint density at radius 2 is 1.47 bits per heavy atom. The van der Waals surface area contributed by atoms with Gasteiger partial charge in [0.25, 0.3) is 0 Å². The average Bonchev–Trinajstić information content (AvgIpc) is 2.26. The van der Waals surface area contributed by atoms with E-state index in [-0.39, 0.29) is 4.45 Å². The van der Waals surface area contributed by atoms with Crippen molar-refractivity contribution < 1.29 is 4.79 Å². The van der Waals surface area contributed by atoms with Gasteiger partial charge in [-0.1, -0.05) is 75.4 Å². The molecular weight excluding hydrogens is 224 g/mol. The van der Waals surface area contributed by atoms with Gasteiger partial charge in [0, 0.05) is 5.75 Å². The molecule has 0 aromatic heterocycles. The Labute approximate surface area is 103 Å². The molecule has 3 heteroatoms. The van der Waals surface area contributed by atoms with Gasteiger partial charge in [-0.15, -0.1) is 0 Å². The van der Waals surface area contributed by atoms with Crippen molar-refractivity contribution in [2.45, 2.75) is 58.3 Å². The lowest BCUT2D eigenvalue weighted by Crippen LogP contribution is -1.86. The molecule has 0 rings (SSSR count). The molecule has 0 bridgehead atoms. The van der Waals surface area contributed by atoms with E-state index in [0.29, 0.717) is 0 Å². The fraction of sp³-hybridized carbons (Fsp3) is 0.917. The van der Waals surface area contributed by atoms with Gasteiger partial charge in [-0.3, -0.25) is 4.79 Å². The van der Waals surface area contributed by atoms with Gasteiger partial charge in [0.05, 0.1) is 0 Å². The minimum absolute atomic E-state index is 0.262. The number of hydrogen-bond acceptors (Lipinski definition) is 3. The Morgan fingerprint density at radius 1 is 0.933 bits per heavy atom. The fourth-order valence-corrected chi connectivity index (χ4v) is 2.69. The van der Waals surface area contributed by atoms with Crippen LogP contribution in [0.2, 0.25) is 0 Å². The first-order chi connectivity index (χ1) is 7.31. The molecule has 0 aliphatic carbocycles. The Balaban J connectivity index is 2.95. The van der Waals surface area contributed by atoms with Crippen LogP contribution < -0.4 is 0 Å². The highest BCUT2D eigenvalue weighted by atomic mass is 32.2. The summed E-state index contributed by atoms with van der Waals surface area (Å²) in [6, 6.07) is 0. The second-order valence-corrected chi connectivity index (χ2v) is 5.88. The molecule has 0 N–H and O–H groups in total. The van der Waals surface area contributed by atoms with Gasteiger partial charge in [0.2, 0.25) is 4.45 Å². The Bertz CT molecular complexity index is 149. The van der Waals surface area contributed by atoms with Gasteiger partial charge in [-0.05, 0) is 12.7 Å². The van der Waals surface area contributed by atoms with Crippen molar-refractivity contribution in [1.82, 2.24) is 0 Å². The van der Waals surface area contributed by atoms with Crippen LogP contribution in [0.1, 0.15) is 58.3 Å². The molecule has 1 nitrogen and oxygen atoms in total. The molecule has 0 spiro atoms. The van der Waals surface area contributed by atoms with Gasteiger partial charge < -0.3 is 0 Å². The molecule has 0 aliphatic rings. The van der Waals surface area contributed by atoms with Crippen molar-refractivity contribution in [3.63, 3.8) is 0 Å². The van der Waals surface area contributed by atoms with E-state index in [4.69, 9.17) is 0 Å². The van der Waals surface area contributed by atoms with Gasteiger partial charge in [0.15, 0.2) is 0 Å². The number of carbonyl (C=O) groups is 1. The highest BCUT2D eigenvalue weighted by Gasteiger charge is 1.98. The van der Waals surface area contributed by atoms with Crippen molar-refractivity contribution in [2.75, 3.05) is 12.0 Å². The molecule has 90 valence electrons. The number of thioether (sulfide) groups is 2. The molecule has 0 fully saturated rings. The Hall–Kier alpha value is 0.370. The van der Waals surface area contributed by atoms with E-state index in [0.717, 1.165) is 5.75 Å². The van der Waals surface area contributed by atoms with Crippen molar-refractivity contribution in [2.24, 2.45) is 0 Å². The van der Waals surface area contributed by atoms with E-state index in [1.807, 2.05) is 6.26 Å². The number of rotatable bonds is 9. The van der Waals surface area contributed by atoms with Crippen LogP contribution in [0, 0.1) is 0 Å². The zero-order chi connectivity index (χ0) is 11.4. The summed E-state index contributed by atoms with van der Waals surface area (Å²) >= 11 is 2.80. The third kappa shape index (κ3) is 12.3. The van der Waals surface area contributed by atoms with Crippen molar-refractivity contribution >= 4 is 28.0 Å². The van der Waals surface area contributed by atoms with Crippen molar-refractivity contribution in [3.05, 3.63) is 0 Å². The molecule has 0 aromatic carbocycles. The normalized spacial score (nSPS) is 10.5. The van der Waals surface area contributed by atoms with E-state index in [9.17, 15) is 4.79 Å². The quantitative estimate of drug-likeness (QED) is 0.512. The lowest BCUT2D eigenvalue weighted by molar-refractivity contribution is 0.276. The van der Waals surface area contributed by atoms with E-state index in [1.165, 1.54) is 74.9 Å². The van der Waals surface area contributed by atoms with Crippen molar-refractivity contribution in [3.8, 4) is 0 Å². The zero-order valence-corrected chi connectivity index (χ0v) is 11.7. The van der Waals surface area contributed by atoms with E-state index < -0.39 is 0 Å². The first-order valence-electron chi connectivity index (χ1n) is 6.02. The standard InChI is InChI=1S/C12H24OS2/c1-3-4-5-6-7-8-9-10-11-15-12(13)14-2/h3-11H2,1-2H3. The highest BCUT2D eigenvalue weighted by Crippen LogP contribution is 2.16. The summed E-state index contributed by atoms with van der Waals surface area (Å²) < 4.78 is 0.262. The fourth-order valence-electron chi connectivity index (χ4n) is 1.45. The molecule has 0 aromatic rings. The van der Waals surface area contributed by atoms with Gasteiger partial charge in [-0.2, -0.15) is 0 Å². The molecule has 0 heterocycles. The van der Waals surface area contributed by atoms with Crippen LogP contribution in [-0.2, 0) is 0 Å². The summed E-state index contributed by atoms with van der Waals surface area (Å²) in [6.07, 6.45) is 12.6. The summed E-state index contributed by atoms with van der Waals surface area (Å²) in [5, 5.41) is 0. The second kappa shape index (κ2) is 12.4. The van der Waals surface area contributed by atoms with E-state index in [2.05, 4.69) is 6.92 Å². The van der Waals surface area contributed by atoms with Crippen LogP contribution >= 0.6 is 23.5 Å². The zero-order valence-electron chi connectivity index (χ0n) is 10.1. The monoisotopic (exact) mass is 248 g/mol. The minimum atomic E-state index is 0.262. The summed E-state index contributed by atoms with van der Waals surface area (Å²) in [5.41, 5.74) is 0. The smallest absolute Gasteiger partial charge is 0.245 e. The second-order valence-electron chi connectivity index (χ2n) is 3.78. The number of hydrogen-bond donors (Lipinski definition) is 0. The van der Waals surface area contributed by atoms with Gasteiger partial charge >= 0.3 is 0 Å². The third-order valence-electron chi connectivity index (χ3n) is 2.38. The summed E-state index contributed by atoms with van der Waals surface area (Å²) in [7, 11) is 0. The first-order valence-corrected chi connectivity index (χ1v) is 8.23. The molecule has 0 saturated heterocycles. The molecule has 15 heavy (non-hydrogen) atoms. The lowest BCUT2D eigenvalue weighted by atomic mass is 10.1. The summed E-state index contributed by atoms with van der Waals surface area (Å²) in [4.78, 5) is 10.9. The van der Waals surface area contributed by atoms with Crippen LogP contribution in [0.5, 0.6) is 0 Å². The Kier molecular flexibility index (Phi) is 12.7. The van der Waals surface area contributed by atoms with Crippen LogP contribution in [0.4, 0.5) is 4.79 Å². The SMILES string of the molecule is CCCCCCCCCCSC(=O)SC. The van der Waals surface area contributed by atoms with E-state index >= 15 is 0 Å². The van der Waals surface area contributed by atoms with Crippen LogP contribution in [0.25, 0.3) is 0 Å². The summed E-state index contributed by atoms with van der Waals surface area (Å²) in [6.45, 7) is 2.25. The van der Waals surface area contributed by atoms with Gasteiger partial charge in [0.1, 0.15) is 0 Å². The predicted molar refractivity (Wildman–Crippen MR) is 74.0 cm³/mol. The van der Waals surface area contributed by atoms with E-state index in [1.54, 1.807) is 0 Å². The average molecular weight is 248 g/mol. The highest BCUT2D eigenvalue weighted by molar-refractivity contribution is 8.38. The molecular formula is C12H24OS2. The van der Waals surface area contributed by atoms with Gasteiger partial charge in [-0.25, -0.2) is 0 Å². The first kappa shape index (κ1) is 15.4. The molecule has 0 radical (unpaired) electrons. The topological polar surface area (TPSA) is 17.1 Å². The van der Waals surface area contributed by atoms with Crippen LogP contribution in [-0.4, -0.2) is 16.5 Å². The van der Waals surface area contributed by atoms with Crippen LogP contribution in [0.3, 0.4) is 0 Å².